The Bertz CT molecular complexity index is 1190. The first-order valence-electron chi connectivity index (χ1n) is 9.01. The van der Waals surface area contributed by atoms with Crippen molar-refractivity contribution in [2.24, 2.45) is 4.99 Å². The van der Waals surface area contributed by atoms with Gasteiger partial charge in [-0.3, -0.25) is 14.6 Å². The van der Waals surface area contributed by atoms with Crippen LogP contribution in [0.3, 0.4) is 0 Å². The van der Waals surface area contributed by atoms with Crippen LogP contribution in [-0.4, -0.2) is 28.3 Å². The van der Waals surface area contributed by atoms with E-state index < -0.39 is 32.1 Å². The minimum Gasteiger partial charge on any atom is -0.344 e. The maximum absolute atomic E-state index is 12.9. The molecular formula is C18H16F5N5O2S. The molecule has 7 nitrogen and oxygen atoms in total. The van der Waals surface area contributed by atoms with E-state index in [2.05, 4.69) is 25.6 Å². The summed E-state index contributed by atoms with van der Waals surface area (Å²) in [4.78, 5) is 33.3. The number of rotatable bonds is 5. The molecule has 0 spiro atoms. The average Bonchev–Trinajstić information content (AvgIpc) is 3.47. The van der Waals surface area contributed by atoms with Crippen LogP contribution in [0.25, 0.3) is 0 Å². The molecule has 0 atom stereocenters. The maximum Gasteiger partial charge on any atom is 0.310 e. The van der Waals surface area contributed by atoms with Gasteiger partial charge in [0.1, 0.15) is 10.6 Å². The van der Waals surface area contributed by atoms with E-state index in [0.29, 0.717) is 31.5 Å². The molecule has 3 N–H and O–H groups in total. The SMILES string of the molecule is O=C(NC1(c2ccc(S(F)(F)(F)(F)F)cc2)CC1)c1cc(=O)[nH]c(C2=NCC=CN2)n1. The number of nitrogens with zero attached hydrogens (tertiary/aromatic N) is 2. The Morgan fingerprint density at radius 2 is 1.77 bits per heavy atom. The molecule has 1 saturated carbocycles. The molecular weight excluding hydrogens is 445 g/mol. The number of nitrogens with one attached hydrogen (secondary N) is 3. The molecule has 0 bridgehead atoms. The van der Waals surface area contributed by atoms with Gasteiger partial charge in [-0.1, -0.05) is 31.6 Å². The zero-order valence-corrected chi connectivity index (χ0v) is 16.5. The van der Waals surface area contributed by atoms with E-state index >= 15 is 0 Å². The molecule has 1 aliphatic heterocycles. The molecule has 1 fully saturated rings. The molecule has 4 rings (SSSR count). The quantitative estimate of drug-likeness (QED) is 0.591. The molecule has 31 heavy (non-hydrogen) atoms. The number of aromatic amines is 1. The van der Waals surface area contributed by atoms with Gasteiger partial charge in [0.05, 0.1) is 12.1 Å². The van der Waals surface area contributed by atoms with Gasteiger partial charge < -0.3 is 15.6 Å². The lowest BCUT2D eigenvalue weighted by Gasteiger charge is -2.40. The minimum atomic E-state index is -9.78. The lowest BCUT2D eigenvalue weighted by atomic mass is 10.0. The highest BCUT2D eigenvalue weighted by atomic mass is 32.5. The van der Waals surface area contributed by atoms with Crippen molar-refractivity contribution >= 4 is 22.0 Å². The number of amidine groups is 1. The number of amides is 1. The summed E-state index contributed by atoms with van der Waals surface area (Å²) in [5.41, 5.74) is -1.58. The fraction of sp³-hybridized carbons (Fsp3) is 0.222. The summed E-state index contributed by atoms with van der Waals surface area (Å²) in [6.45, 7) is 0.362. The topological polar surface area (TPSA) is 99.2 Å². The van der Waals surface area contributed by atoms with E-state index in [4.69, 9.17) is 0 Å². The number of halogens is 5. The van der Waals surface area contributed by atoms with E-state index in [9.17, 15) is 29.0 Å². The van der Waals surface area contributed by atoms with Crippen molar-refractivity contribution in [3.63, 3.8) is 0 Å². The number of hydrogen-bond acceptors (Lipinski definition) is 5. The second kappa shape index (κ2) is 6.15. The highest BCUT2D eigenvalue weighted by Crippen LogP contribution is 3.02. The third kappa shape index (κ3) is 4.45. The summed E-state index contributed by atoms with van der Waals surface area (Å²) in [6, 6.07) is 3.44. The number of H-pyrrole nitrogens is 1. The molecule has 0 radical (unpaired) electrons. The average molecular weight is 461 g/mol. The highest BCUT2D eigenvalue weighted by Gasteiger charge is 2.65. The minimum absolute atomic E-state index is 0.0482. The van der Waals surface area contributed by atoms with Gasteiger partial charge in [0.25, 0.3) is 11.5 Å². The molecule has 2 heterocycles. The van der Waals surface area contributed by atoms with Gasteiger partial charge >= 0.3 is 10.2 Å². The Balaban J connectivity index is 1.57. The molecule has 1 aromatic heterocycles. The summed E-state index contributed by atoms with van der Waals surface area (Å²) in [7, 11) is -9.78. The molecule has 13 heteroatoms. The van der Waals surface area contributed by atoms with Gasteiger partial charge in [0.2, 0.25) is 0 Å². The Kier molecular flexibility index (Phi) is 4.17. The van der Waals surface area contributed by atoms with Crippen molar-refractivity contribution in [2.75, 3.05) is 6.54 Å². The third-order valence-electron chi connectivity index (χ3n) is 4.85. The molecule has 2 aliphatic rings. The van der Waals surface area contributed by atoms with Gasteiger partial charge in [-0.25, -0.2) is 4.98 Å². The summed E-state index contributed by atoms with van der Waals surface area (Å²) < 4.78 is 64.6. The molecule has 1 amide bonds. The van der Waals surface area contributed by atoms with Crippen LogP contribution in [0, 0.1) is 0 Å². The molecule has 0 unspecified atom stereocenters. The third-order valence-corrected chi connectivity index (χ3v) is 6.01. The summed E-state index contributed by atoms with van der Waals surface area (Å²) in [6.07, 6.45) is 4.12. The predicted molar refractivity (Wildman–Crippen MR) is 105 cm³/mol. The number of benzene rings is 1. The molecule has 0 saturated heterocycles. The van der Waals surface area contributed by atoms with Crippen molar-refractivity contribution < 1.29 is 24.2 Å². The van der Waals surface area contributed by atoms with Crippen LogP contribution < -0.4 is 16.2 Å². The van der Waals surface area contributed by atoms with E-state index in [1.807, 2.05) is 0 Å². The summed E-state index contributed by atoms with van der Waals surface area (Å²) >= 11 is 0. The maximum atomic E-state index is 12.9. The Labute approximate surface area is 172 Å². The molecule has 166 valence electrons. The van der Waals surface area contributed by atoms with Gasteiger partial charge in [-0.2, -0.15) is 0 Å². The van der Waals surface area contributed by atoms with Crippen molar-refractivity contribution in [2.45, 2.75) is 23.3 Å². The van der Waals surface area contributed by atoms with Crippen LogP contribution in [0.1, 0.15) is 34.7 Å². The van der Waals surface area contributed by atoms with Gasteiger partial charge in [-0.05, 0) is 36.6 Å². The van der Waals surface area contributed by atoms with Crippen LogP contribution >= 0.6 is 10.2 Å². The Hall–Kier alpha value is -3.22. The van der Waals surface area contributed by atoms with Crippen LogP contribution in [0.2, 0.25) is 0 Å². The molecule has 1 aromatic carbocycles. The van der Waals surface area contributed by atoms with E-state index in [1.165, 1.54) is 0 Å². The zero-order chi connectivity index (χ0) is 22.6. The molecule has 2 aromatic rings. The first kappa shape index (κ1) is 21.0. The van der Waals surface area contributed by atoms with Crippen molar-refractivity contribution in [3.8, 4) is 0 Å². The zero-order valence-electron chi connectivity index (χ0n) is 15.7. The summed E-state index contributed by atoms with van der Waals surface area (Å²) in [5, 5.41) is 5.44. The lowest BCUT2D eigenvalue weighted by molar-refractivity contribution is 0.0925. The fourth-order valence-electron chi connectivity index (χ4n) is 3.13. The second-order valence-electron chi connectivity index (χ2n) is 7.24. The van der Waals surface area contributed by atoms with E-state index in [-0.39, 0.29) is 22.9 Å². The smallest absolute Gasteiger partial charge is 0.310 e. The Morgan fingerprint density at radius 3 is 2.32 bits per heavy atom. The monoisotopic (exact) mass is 461 g/mol. The van der Waals surface area contributed by atoms with Crippen LogP contribution in [0.4, 0.5) is 19.4 Å². The molecule has 1 aliphatic carbocycles. The summed E-state index contributed by atoms with van der Waals surface area (Å²) in [5.74, 6) is -0.414. The number of aromatic nitrogens is 2. The van der Waals surface area contributed by atoms with Crippen molar-refractivity contribution in [1.82, 2.24) is 20.6 Å². The first-order chi connectivity index (χ1) is 14.3. The van der Waals surface area contributed by atoms with Crippen LogP contribution in [0.15, 0.2) is 57.3 Å². The van der Waals surface area contributed by atoms with Gasteiger partial charge in [-0.15, -0.1) is 0 Å². The predicted octanol–water partition coefficient (Wildman–Crippen LogP) is 3.71. The number of carbonyl (C=O) groups excluding carboxylic acids is 1. The van der Waals surface area contributed by atoms with E-state index in [1.54, 1.807) is 12.3 Å². The largest absolute Gasteiger partial charge is 0.344 e. The first-order valence-corrected chi connectivity index (χ1v) is 11.0. The normalized spacial score (nSPS) is 19.5. The van der Waals surface area contributed by atoms with Crippen LogP contribution in [0.5, 0.6) is 0 Å². The second-order valence-corrected chi connectivity index (χ2v) is 9.65. The fourth-order valence-corrected chi connectivity index (χ4v) is 3.78. The number of aliphatic imine (C=N–C) groups is 1. The lowest BCUT2D eigenvalue weighted by Crippen LogP contribution is -2.37. The number of hydrogen-bond donors (Lipinski definition) is 3. The van der Waals surface area contributed by atoms with Crippen LogP contribution in [-0.2, 0) is 5.54 Å². The Morgan fingerprint density at radius 1 is 1.10 bits per heavy atom. The standard InChI is InChI=1S/C18H16F5N5O2S/c19-31(20,21,22,23)12-4-2-11(3-5-12)18(6-7-18)28-17(30)13-10-14(29)27-16(26-13)15-24-8-1-9-25-15/h1-5,8,10H,6-7,9H2,(H,24,25)(H,28,30)(H,26,27,29). The van der Waals surface area contributed by atoms with Crippen molar-refractivity contribution in [3.05, 3.63) is 70.0 Å². The van der Waals surface area contributed by atoms with E-state index in [0.717, 1.165) is 18.2 Å². The van der Waals surface area contributed by atoms with Gasteiger partial charge in [0, 0.05) is 12.3 Å². The highest BCUT2D eigenvalue weighted by molar-refractivity contribution is 8.45. The number of carbonyl (C=O) groups is 1. The van der Waals surface area contributed by atoms with Gasteiger partial charge in [0.15, 0.2) is 11.7 Å². The van der Waals surface area contributed by atoms with Crippen molar-refractivity contribution in [1.29, 1.82) is 0 Å².